The lowest BCUT2D eigenvalue weighted by molar-refractivity contribution is -0.112. The van der Waals surface area contributed by atoms with Gasteiger partial charge in [0.2, 0.25) is 5.13 Å². The van der Waals surface area contributed by atoms with Crippen molar-refractivity contribution in [1.82, 2.24) is 15.2 Å². The number of ether oxygens (including phenoxy) is 2. The Morgan fingerprint density at radius 1 is 1.42 bits per heavy atom. The molecule has 3 rings (SSSR count). The molecule has 10 heteroatoms. The highest BCUT2D eigenvalue weighted by atomic mass is 35.5. The number of rotatable bonds is 9. The van der Waals surface area contributed by atoms with Gasteiger partial charge >= 0.3 is 0 Å². The molecular formula is C23H27ClN4O4S. The molecule has 2 N–H and O–H groups in total. The number of hydrogen-bond donors (Lipinski definition) is 2. The molecule has 1 saturated carbocycles. The van der Waals surface area contributed by atoms with E-state index >= 15 is 0 Å². The van der Waals surface area contributed by atoms with Gasteiger partial charge in [0.25, 0.3) is 11.1 Å². The van der Waals surface area contributed by atoms with Gasteiger partial charge in [0.05, 0.1) is 26.0 Å². The lowest BCUT2D eigenvalue weighted by Gasteiger charge is -2.15. The van der Waals surface area contributed by atoms with E-state index in [1.54, 1.807) is 25.1 Å². The predicted molar refractivity (Wildman–Crippen MR) is 130 cm³/mol. The highest BCUT2D eigenvalue weighted by molar-refractivity contribution is 7.17. The fourth-order valence-electron chi connectivity index (χ4n) is 3.62. The van der Waals surface area contributed by atoms with Crippen LogP contribution in [0.25, 0.3) is 5.57 Å². The van der Waals surface area contributed by atoms with Gasteiger partial charge in [-0.2, -0.15) is 0 Å². The van der Waals surface area contributed by atoms with E-state index < -0.39 is 0 Å². The van der Waals surface area contributed by atoms with Crippen LogP contribution in [0.5, 0.6) is 10.9 Å². The second-order valence-corrected chi connectivity index (χ2v) is 9.11. The summed E-state index contributed by atoms with van der Waals surface area (Å²) in [7, 11) is 1.53. The number of aliphatic hydroxyl groups excluding tert-OH is 1. The van der Waals surface area contributed by atoms with Crippen LogP contribution in [-0.4, -0.2) is 46.0 Å². The zero-order valence-electron chi connectivity index (χ0n) is 18.8. The lowest BCUT2D eigenvalue weighted by atomic mass is 9.95. The maximum absolute atomic E-state index is 13.2. The van der Waals surface area contributed by atoms with Gasteiger partial charge in [-0.25, -0.2) is 4.98 Å². The van der Waals surface area contributed by atoms with Crippen molar-refractivity contribution >= 4 is 39.5 Å². The van der Waals surface area contributed by atoms with Crippen molar-refractivity contribution in [2.75, 3.05) is 19.0 Å². The number of nitrogens with one attached hydrogen (secondary N) is 1. The molecule has 1 aliphatic rings. The molecule has 8 nitrogen and oxygen atoms in total. The molecule has 2 unspecified atom stereocenters. The summed E-state index contributed by atoms with van der Waals surface area (Å²) in [4.78, 5) is 17.2. The van der Waals surface area contributed by atoms with Crippen LogP contribution in [0.3, 0.4) is 0 Å². The number of aliphatic hydroxyl groups is 1. The molecule has 2 aromatic rings. The third-order valence-electron chi connectivity index (χ3n) is 5.14. The Morgan fingerprint density at radius 3 is 2.85 bits per heavy atom. The number of allylic oxidation sites excluding steroid dienone is 3. The van der Waals surface area contributed by atoms with Crippen molar-refractivity contribution in [2.24, 2.45) is 5.92 Å². The number of amides is 1. The Kier molecular flexibility index (Phi) is 8.60. The number of hydrogen-bond acceptors (Lipinski definition) is 8. The van der Waals surface area contributed by atoms with Gasteiger partial charge < -0.3 is 14.6 Å². The minimum absolute atomic E-state index is 0.252. The summed E-state index contributed by atoms with van der Waals surface area (Å²) in [5.41, 5.74) is 2.33. The number of carbonyl (C=O) groups excluding carboxylic acids is 1. The third-order valence-corrected chi connectivity index (χ3v) is 6.10. The summed E-state index contributed by atoms with van der Waals surface area (Å²) in [6.07, 6.45) is 7.19. The summed E-state index contributed by atoms with van der Waals surface area (Å²) in [5.74, 6) is 0.401. The summed E-state index contributed by atoms with van der Waals surface area (Å²) >= 11 is 7.26. The van der Waals surface area contributed by atoms with E-state index in [9.17, 15) is 9.90 Å². The van der Waals surface area contributed by atoms with Crippen LogP contribution >= 0.6 is 22.9 Å². The summed E-state index contributed by atoms with van der Waals surface area (Å²) < 4.78 is 11.1. The van der Waals surface area contributed by atoms with E-state index in [2.05, 4.69) is 27.1 Å². The molecule has 0 bridgehead atoms. The fourth-order valence-corrected chi connectivity index (χ4v) is 4.38. The zero-order valence-corrected chi connectivity index (χ0v) is 20.4. The standard InChI is InChI=1S/C23H27ClN4O4S/c1-5-16(17(8-13(2)3)18-10-20(24)25-11-19(18)31-4)21(30)26-22-27-28-23(33-22)32-12-14-6-7-15(29)9-14/h5,8,10-11,14-15,29H,2,6-7,9,12H2,1,3-4H3,(H,26,27,30)/b16-5+,17-8+. The monoisotopic (exact) mass is 490 g/mol. The summed E-state index contributed by atoms with van der Waals surface area (Å²) in [6, 6.07) is 1.64. The van der Waals surface area contributed by atoms with Crippen molar-refractivity contribution in [3.63, 3.8) is 0 Å². The first-order chi connectivity index (χ1) is 15.8. The molecule has 2 atom stereocenters. The van der Waals surface area contributed by atoms with Crippen LogP contribution < -0.4 is 14.8 Å². The number of aromatic nitrogens is 3. The Bertz CT molecular complexity index is 1080. The normalized spacial score (nSPS) is 18.8. The van der Waals surface area contributed by atoms with Crippen LogP contribution in [-0.2, 0) is 4.79 Å². The molecule has 0 aromatic carbocycles. The Hall–Kier alpha value is -2.75. The van der Waals surface area contributed by atoms with Crippen molar-refractivity contribution in [1.29, 1.82) is 0 Å². The van der Waals surface area contributed by atoms with Crippen LogP contribution in [0, 0.1) is 5.92 Å². The minimum atomic E-state index is -0.374. The second-order valence-electron chi connectivity index (χ2n) is 7.79. The van der Waals surface area contributed by atoms with Crippen molar-refractivity contribution < 1.29 is 19.4 Å². The quantitative estimate of drug-likeness (QED) is 0.298. The summed E-state index contributed by atoms with van der Waals surface area (Å²) in [6.45, 7) is 8.00. The number of carbonyl (C=O) groups is 1. The molecule has 0 aliphatic heterocycles. The number of methoxy groups -OCH3 is 1. The van der Waals surface area contributed by atoms with E-state index in [4.69, 9.17) is 21.1 Å². The van der Waals surface area contributed by atoms with E-state index in [1.165, 1.54) is 13.3 Å². The molecule has 33 heavy (non-hydrogen) atoms. The second kappa shape index (κ2) is 11.4. The number of nitrogens with zero attached hydrogens (tertiary/aromatic N) is 3. The fraction of sp³-hybridized carbons (Fsp3) is 0.391. The first-order valence-corrected chi connectivity index (χ1v) is 11.7. The van der Waals surface area contributed by atoms with Crippen molar-refractivity contribution in [3.05, 3.63) is 52.9 Å². The molecule has 0 radical (unpaired) electrons. The van der Waals surface area contributed by atoms with Crippen LogP contribution in [0.1, 0.15) is 38.7 Å². The Labute approximate surface area is 202 Å². The number of anilines is 1. The van der Waals surface area contributed by atoms with Gasteiger partial charge in [-0.3, -0.25) is 10.1 Å². The van der Waals surface area contributed by atoms with Gasteiger partial charge in [0.15, 0.2) is 0 Å². The zero-order chi connectivity index (χ0) is 24.0. The number of halogens is 1. The molecule has 2 heterocycles. The molecule has 1 amide bonds. The maximum atomic E-state index is 13.2. The van der Waals surface area contributed by atoms with Crippen molar-refractivity contribution in [3.8, 4) is 10.9 Å². The van der Waals surface area contributed by atoms with E-state index in [1.807, 2.05) is 6.92 Å². The average Bonchev–Trinajstić information content (AvgIpc) is 3.40. The van der Waals surface area contributed by atoms with E-state index in [0.717, 1.165) is 36.2 Å². The molecule has 2 aromatic heterocycles. The molecule has 1 fully saturated rings. The largest absolute Gasteiger partial charge is 0.494 e. The van der Waals surface area contributed by atoms with Crippen molar-refractivity contribution in [2.45, 2.75) is 39.2 Å². The van der Waals surface area contributed by atoms with Gasteiger partial charge in [0.1, 0.15) is 10.9 Å². The first kappa shape index (κ1) is 24.9. The molecule has 0 saturated heterocycles. The summed E-state index contributed by atoms with van der Waals surface area (Å²) in [5, 5.41) is 21.4. The Morgan fingerprint density at radius 2 is 2.21 bits per heavy atom. The SMILES string of the molecule is C=C(C)/C=C(\C(=C/C)C(=O)Nc1nnc(OCC2CCC(O)C2)s1)c1cc(Cl)ncc1OC. The highest BCUT2D eigenvalue weighted by Crippen LogP contribution is 2.34. The Balaban J connectivity index is 1.76. The van der Waals surface area contributed by atoms with Gasteiger partial charge in [-0.15, -0.1) is 5.10 Å². The van der Waals surface area contributed by atoms with E-state index in [0.29, 0.717) is 45.3 Å². The number of pyridine rings is 1. The van der Waals surface area contributed by atoms with Crippen LogP contribution in [0.15, 0.2) is 42.1 Å². The smallest absolute Gasteiger partial charge is 0.295 e. The van der Waals surface area contributed by atoms with E-state index in [-0.39, 0.29) is 17.2 Å². The van der Waals surface area contributed by atoms with Gasteiger partial charge in [-0.1, -0.05) is 41.0 Å². The maximum Gasteiger partial charge on any atom is 0.295 e. The topological polar surface area (TPSA) is 106 Å². The highest BCUT2D eigenvalue weighted by Gasteiger charge is 2.24. The van der Waals surface area contributed by atoms with Gasteiger partial charge in [0, 0.05) is 11.1 Å². The molecule has 1 aliphatic carbocycles. The first-order valence-electron chi connectivity index (χ1n) is 10.5. The van der Waals surface area contributed by atoms with Gasteiger partial charge in [-0.05, 0) is 62.0 Å². The third kappa shape index (κ3) is 6.63. The molecular weight excluding hydrogens is 464 g/mol. The lowest BCUT2D eigenvalue weighted by Crippen LogP contribution is -2.16. The predicted octanol–water partition coefficient (Wildman–Crippen LogP) is 4.68. The van der Waals surface area contributed by atoms with Crippen LogP contribution in [0.4, 0.5) is 5.13 Å². The molecule has 176 valence electrons. The molecule has 0 spiro atoms. The van der Waals surface area contributed by atoms with Crippen LogP contribution in [0.2, 0.25) is 5.15 Å². The minimum Gasteiger partial charge on any atom is -0.494 e. The average molecular weight is 491 g/mol.